The van der Waals surface area contributed by atoms with Crippen molar-refractivity contribution in [1.29, 1.82) is 0 Å². The van der Waals surface area contributed by atoms with Crippen LogP contribution < -0.4 is 11.1 Å². The normalized spacial score (nSPS) is 16.1. The third kappa shape index (κ3) is 3.83. The van der Waals surface area contributed by atoms with Crippen LogP contribution in [0, 0.1) is 6.92 Å². The maximum Gasteiger partial charge on any atom is 0.156 e. The first-order chi connectivity index (χ1) is 7.52. The van der Waals surface area contributed by atoms with E-state index in [0.29, 0.717) is 6.04 Å². The van der Waals surface area contributed by atoms with Crippen LogP contribution in [0.25, 0.3) is 0 Å². The van der Waals surface area contributed by atoms with Crippen LogP contribution in [0.2, 0.25) is 0 Å². The average molecular weight is 241 g/mol. The highest BCUT2D eigenvalue weighted by Crippen LogP contribution is 2.16. The molecule has 0 fully saturated rings. The number of aryl methyl sites for hydroxylation is 1. The van der Waals surface area contributed by atoms with E-state index in [4.69, 9.17) is 10.9 Å². The van der Waals surface area contributed by atoms with Crippen molar-refractivity contribution >= 4 is 17.2 Å². The summed E-state index contributed by atoms with van der Waals surface area (Å²) in [7, 11) is 0. The van der Waals surface area contributed by atoms with Crippen LogP contribution in [0.3, 0.4) is 0 Å². The number of hydrogen-bond acceptors (Lipinski definition) is 4. The lowest BCUT2D eigenvalue weighted by Crippen LogP contribution is -2.44. The van der Waals surface area contributed by atoms with Gasteiger partial charge < -0.3 is 16.3 Å². The van der Waals surface area contributed by atoms with Crippen molar-refractivity contribution < 1.29 is 5.21 Å². The number of nitrogens with two attached hydrogens (primary N) is 1. The van der Waals surface area contributed by atoms with Crippen LogP contribution in [0.5, 0.6) is 0 Å². The fourth-order valence-corrected chi connectivity index (χ4v) is 2.57. The summed E-state index contributed by atoms with van der Waals surface area (Å²) in [5.74, 6) is 0.217. The van der Waals surface area contributed by atoms with E-state index in [1.54, 1.807) is 11.3 Å². The fourth-order valence-electron chi connectivity index (χ4n) is 1.55. The Labute approximate surface area is 100 Å². The predicted octanol–water partition coefficient (Wildman–Crippen LogP) is 1.71. The molecule has 4 nitrogen and oxygen atoms in total. The van der Waals surface area contributed by atoms with Crippen LogP contribution in [-0.4, -0.2) is 23.1 Å². The van der Waals surface area contributed by atoms with Gasteiger partial charge in [-0.1, -0.05) is 5.16 Å². The topological polar surface area (TPSA) is 70.6 Å². The molecule has 0 aromatic carbocycles. The van der Waals surface area contributed by atoms with Crippen molar-refractivity contribution in [3.05, 3.63) is 21.9 Å². The Morgan fingerprint density at radius 2 is 2.25 bits per heavy atom. The third-order valence-corrected chi connectivity index (χ3v) is 3.42. The Balaban J connectivity index is 2.44. The highest BCUT2D eigenvalue weighted by Gasteiger charge is 2.12. The van der Waals surface area contributed by atoms with Crippen molar-refractivity contribution in [2.24, 2.45) is 10.9 Å². The van der Waals surface area contributed by atoms with E-state index in [9.17, 15) is 0 Å². The average Bonchev–Trinajstić information content (AvgIpc) is 2.62. The largest absolute Gasteiger partial charge is 0.409 e. The van der Waals surface area contributed by atoms with Gasteiger partial charge in [-0.25, -0.2) is 0 Å². The molecule has 0 amide bonds. The summed E-state index contributed by atoms with van der Waals surface area (Å²) < 4.78 is 0. The molecule has 16 heavy (non-hydrogen) atoms. The van der Waals surface area contributed by atoms with Crippen molar-refractivity contribution in [2.75, 3.05) is 0 Å². The molecule has 2 unspecified atom stereocenters. The second kappa shape index (κ2) is 5.86. The molecule has 0 aliphatic rings. The molecule has 0 saturated carbocycles. The standard InChI is InChI=1S/C11H19N3OS/c1-7(13-9(3)11(12)14-15)6-10-5-4-8(2)16-10/h4-5,7,9,13,15H,6H2,1-3H3,(H2,12,14). The minimum absolute atomic E-state index is 0.110. The van der Waals surface area contributed by atoms with E-state index < -0.39 is 0 Å². The first-order valence-corrected chi connectivity index (χ1v) is 6.13. The third-order valence-electron chi connectivity index (χ3n) is 2.40. The Morgan fingerprint density at radius 3 is 2.75 bits per heavy atom. The van der Waals surface area contributed by atoms with E-state index in [1.165, 1.54) is 9.75 Å². The Morgan fingerprint density at radius 1 is 1.56 bits per heavy atom. The number of nitrogens with zero attached hydrogens (tertiary/aromatic N) is 1. The predicted molar refractivity (Wildman–Crippen MR) is 68.2 cm³/mol. The molecule has 0 aliphatic heterocycles. The van der Waals surface area contributed by atoms with E-state index in [2.05, 4.69) is 36.5 Å². The minimum Gasteiger partial charge on any atom is -0.409 e. The molecule has 90 valence electrons. The van der Waals surface area contributed by atoms with Crippen molar-refractivity contribution in [3.63, 3.8) is 0 Å². The highest BCUT2D eigenvalue weighted by atomic mass is 32.1. The lowest BCUT2D eigenvalue weighted by molar-refractivity contribution is 0.314. The maximum atomic E-state index is 8.54. The summed E-state index contributed by atoms with van der Waals surface area (Å²) in [5, 5.41) is 14.8. The SMILES string of the molecule is Cc1ccc(CC(C)NC(C)C(N)=NO)s1. The summed E-state index contributed by atoms with van der Waals surface area (Å²) in [5.41, 5.74) is 5.50. The number of hydrogen-bond donors (Lipinski definition) is 3. The van der Waals surface area contributed by atoms with Crippen molar-refractivity contribution in [1.82, 2.24) is 5.32 Å². The Hall–Kier alpha value is -1.07. The molecule has 0 aliphatic carbocycles. The molecular weight excluding hydrogens is 222 g/mol. The van der Waals surface area contributed by atoms with Gasteiger partial charge in [0.05, 0.1) is 6.04 Å². The molecule has 5 heteroatoms. The molecule has 1 rings (SSSR count). The van der Waals surface area contributed by atoms with Gasteiger partial charge in [0.1, 0.15) is 0 Å². The van der Waals surface area contributed by atoms with Crippen LogP contribution in [0.15, 0.2) is 17.3 Å². The second-order valence-corrected chi connectivity index (χ2v) is 5.40. The zero-order valence-corrected chi connectivity index (χ0v) is 10.7. The first kappa shape index (κ1) is 13.0. The quantitative estimate of drug-likeness (QED) is 0.318. The molecule has 1 heterocycles. The van der Waals surface area contributed by atoms with Crippen LogP contribution in [0.1, 0.15) is 23.6 Å². The second-order valence-electron chi connectivity index (χ2n) is 4.03. The summed E-state index contributed by atoms with van der Waals surface area (Å²) in [4.78, 5) is 2.68. The van der Waals surface area contributed by atoms with Crippen LogP contribution in [-0.2, 0) is 6.42 Å². The van der Waals surface area contributed by atoms with Crippen LogP contribution in [0.4, 0.5) is 0 Å². The lowest BCUT2D eigenvalue weighted by Gasteiger charge is -2.18. The fraction of sp³-hybridized carbons (Fsp3) is 0.545. The van der Waals surface area contributed by atoms with Gasteiger partial charge in [-0.15, -0.1) is 11.3 Å². The Kier molecular flexibility index (Phi) is 4.76. The van der Waals surface area contributed by atoms with Gasteiger partial charge in [-0.2, -0.15) is 0 Å². The number of oxime groups is 1. The molecule has 1 aromatic rings. The molecule has 0 radical (unpaired) electrons. The molecular formula is C11H19N3OS. The summed E-state index contributed by atoms with van der Waals surface area (Å²) in [6, 6.07) is 4.46. The summed E-state index contributed by atoms with van der Waals surface area (Å²) in [6.07, 6.45) is 0.960. The van der Waals surface area contributed by atoms with Gasteiger partial charge in [0.25, 0.3) is 0 Å². The number of rotatable bonds is 5. The molecule has 4 N–H and O–H groups in total. The van der Waals surface area contributed by atoms with E-state index >= 15 is 0 Å². The zero-order valence-electron chi connectivity index (χ0n) is 9.90. The van der Waals surface area contributed by atoms with Crippen molar-refractivity contribution in [3.8, 4) is 0 Å². The molecule has 0 saturated heterocycles. The molecule has 0 bridgehead atoms. The Bertz CT molecular complexity index is 362. The van der Waals surface area contributed by atoms with Crippen molar-refractivity contribution in [2.45, 2.75) is 39.3 Å². The number of nitrogens with one attached hydrogen (secondary N) is 1. The molecule has 2 atom stereocenters. The monoisotopic (exact) mass is 241 g/mol. The van der Waals surface area contributed by atoms with Gasteiger partial charge in [0, 0.05) is 15.8 Å². The van der Waals surface area contributed by atoms with E-state index in [1.807, 2.05) is 6.92 Å². The molecule has 0 spiro atoms. The summed E-state index contributed by atoms with van der Waals surface area (Å²) in [6.45, 7) is 6.08. The number of amidine groups is 1. The molecule has 1 aromatic heterocycles. The van der Waals surface area contributed by atoms with Gasteiger partial charge in [0.15, 0.2) is 5.84 Å². The highest BCUT2D eigenvalue weighted by molar-refractivity contribution is 7.11. The zero-order chi connectivity index (χ0) is 12.1. The lowest BCUT2D eigenvalue weighted by atomic mass is 10.2. The van der Waals surface area contributed by atoms with Crippen LogP contribution >= 0.6 is 11.3 Å². The van der Waals surface area contributed by atoms with Gasteiger partial charge >= 0.3 is 0 Å². The van der Waals surface area contributed by atoms with Gasteiger partial charge in [0.2, 0.25) is 0 Å². The van der Waals surface area contributed by atoms with E-state index in [-0.39, 0.29) is 11.9 Å². The van der Waals surface area contributed by atoms with E-state index in [0.717, 1.165) is 6.42 Å². The van der Waals surface area contributed by atoms with Gasteiger partial charge in [-0.05, 0) is 39.3 Å². The maximum absolute atomic E-state index is 8.54. The van der Waals surface area contributed by atoms with Gasteiger partial charge in [-0.3, -0.25) is 0 Å². The minimum atomic E-state index is -0.110. The summed E-state index contributed by atoms with van der Waals surface area (Å²) >= 11 is 1.81. The number of thiophene rings is 1. The smallest absolute Gasteiger partial charge is 0.156 e. The first-order valence-electron chi connectivity index (χ1n) is 5.31.